The molecule has 1 N–H and O–H groups in total. The summed E-state index contributed by atoms with van der Waals surface area (Å²) in [6.45, 7) is 3.38. The van der Waals surface area contributed by atoms with E-state index in [1.807, 2.05) is 18.2 Å². The number of nitrogens with zero attached hydrogens (tertiary/aromatic N) is 1. The normalized spacial score (nSPS) is 23.5. The summed E-state index contributed by atoms with van der Waals surface area (Å²) in [5, 5.41) is 8.77. The Labute approximate surface area is 197 Å². The Kier molecular flexibility index (Phi) is 8.70. The molecule has 2 aromatic rings. The third-order valence-electron chi connectivity index (χ3n) is 6.70. The number of carbonyl (C=O) groups is 1. The zero-order chi connectivity index (χ0) is 22.9. The zero-order valence-electron chi connectivity index (χ0n) is 19.3. The van der Waals surface area contributed by atoms with Crippen LogP contribution in [0.4, 0.5) is 0 Å². The van der Waals surface area contributed by atoms with Gasteiger partial charge >= 0.3 is 5.97 Å². The SMILES string of the molecule is O=C(O)CCC=CCO[C@H]1[C@@H](OCc2ccc(-c3ccccc3)cc2)CC[C@@H]1N1CCCC1. The van der Waals surface area contributed by atoms with Crippen molar-refractivity contribution in [2.75, 3.05) is 19.7 Å². The van der Waals surface area contributed by atoms with Crippen molar-refractivity contribution in [1.82, 2.24) is 4.90 Å². The van der Waals surface area contributed by atoms with Crippen molar-refractivity contribution < 1.29 is 19.4 Å². The molecule has 33 heavy (non-hydrogen) atoms. The van der Waals surface area contributed by atoms with Crippen molar-refractivity contribution in [1.29, 1.82) is 0 Å². The van der Waals surface area contributed by atoms with Crippen molar-refractivity contribution in [3.8, 4) is 11.1 Å². The number of carboxylic acid groups (broad SMARTS) is 1. The van der Waals surface area contributed by atoms with Gasteiger partial charge < -0.3 is 14.6 Å². The van der Waals surface area contributed by atoms with E-state index < -0.39 is 5.97 Å². The van der Waals surface area contributed by atoms with Gasteiger partial charge in [-0.15, -0.1) is 0 Å². The molecule has 2 aromatic carbocycles. The number of likely N-dealkylation sites (tertiary alicyclic amines) is 1. The molecule has 0 radical (unpaired) electrons. The van der Waals surface area contributed by atoms with E-state index in [2.05, 4.69) is 53.4 Å². The standard InChI is InChI=1S/C28H35NO4/c30-27(31)11-5-2-8-20-32-28-25(29-18-6-7-19-29)16-17-26(28)33-21-22-12-14-24(15-13-22)23-9-3-1-4-10-23/h1-4,8-10,12-15,25-26,28H,5-7,11,16-21H2,(H,30,31)/t25-,26-,28+/m0/s1. The molecular formula is C28H35NO4. The van der Waals surface area contributed by atoms with Crippen molar-refractivity contribution in [2.45, 2.75) is 63.4 Å². The van der Waals surface area contributed by atoms with Gasteiger partial charge in [-0.05, 0) is 61.9 Å². The lowest BCUT2D eigenvalue weighted by molar-refractivity contribution is -0.136. The number of hydrogen-bond acceptors (Lipinski definition) is 4. The predicted octanol–water partition coefficient (Wildman–Crippen LogP) is 5.30. The van der Waals surface area contributed by atoms with E-state index in [4.69, 9.17) is 14.6 Å². The number of carboxylic acids is 1. The zero-order valence-corrected chi connectivity index (χ0v) is 19.3. The van der Waals surface area contributed by atoms with Crippen LogP contribution in [0.1, 0.15) is 44.1 Å². The van der Waals surface area contributed by atoms with Gasteiger partial charge in [-0.25, -0.2) is 0 Å². The summed E-state index contributed by atoms with van der Waals surface area (Å²) < 4.78 is 12.7. The molecule has 0 bridgehead atoms. The quantitative estimate of drug-likeness (QED) is 0.472. The van der Waals surface area contributed by atoms with Crippen LogP contribution in [0.15, 0.2) is 66.7 Å². The molecule has 0 aromatic heterocycles. The average Bonchev–Trinajstić information content (AvgIpc) is 3.51. The fourth-order valence-electron chi connectivity index (χ4n) is 4.96. The van der Waals surface area contributed by atoms with E-state index in [0.29, 0.717) is 25.7 Å². The Morgan fingerprint density at radius 3 is 2.39 bits per heavy atom. The first-order chi connectivity index (χ1) is 16.2. The lowest BCUT2D eigenvalue weighted by Gasteiger charge is -2.31. The van der Waals surface area contributed by atoms with Crippen LogP contribution in [0, 0.1) is 0 Å². The first-order valence-corrected chi connectivity index (χ1v) is 12.2. The number of hydrogen-bond donors (Lipinski definition) is 1. The molecule has 1 saturated heterocycles. The molecule has 0 amide bonds. The highest BCUT2D eigenvalue weighted by atomic mass is 16.5. The second-order valence-electron chi connectivity index (χ2n) is 9.00. The summed E-state index contributed by atoms with van der Waals surface area (Å²) in [7, 11) is 0. The summed E-state index contributed by atoms with van der Waals surface area (Å²) in [6.07, 6.45) is 9.31. The van der Waals surface area contributed by atoms with E-state index in [-0.39, 0.29) is 18.6 Å². The van der Waals surface area contributed by atoms with E-state index in [9.17, 15) is 4.79 Å². The molecule has 5 nitrogen and oxygen atoms in total. The van der Waals surface area contributed by atoms with E-state index in [1.165, 1.54) is 29.5 Å². The minimum Gasteiger partial charge on any atom is -0.481 e. The Balaban J connectivity index is 1.33. The molecular weight excluding hydrogens is 414 g/mol. The molecule has 5 heteroatoms. The van der Waals surface area contributed by atoms with Gasteiger partial charge in [0.25, 0.3) is 0 Å². The van der Waals surface area contributed by atoms with Crippen LogP contribution in [-0.4, -0.2) is 53.9 Å². The molecule has 3 atom stereocenters. The second-order valence-corrected chi connectivity index (χ2v) is 9.00. The molecule has 1 aliphatic heterocycles. The van der Waals surface area contributed by atoms with Gasteiger partial charge in [0.05, 0.1) is 25.4 Å². The number of ether oxygens (including phenoxy) is 2. The van der Waals surface area contributed by atoms with Gasteiger partial charge in [0.15, 0.2) is 0 Å². The predicted molar refractivity (Wildman–Crippen MR) is 130 cm³/mol. The van der Waals surface area contributed by atoms with Gasteiger partial charge in [-0.1, -0.05) is 66.7 Å². The number of rotatable bonds is 11. The van der Waals surface area contributed by atoms with Crippen molar-refractivity contribution in [3.63, 3.8) is 0 Å². The maximum Gasteiger partial charge on any atom is 0.303 e. The summed E-state index contributed by atoms with van der Waals surface area (Å²) in [5.74, 6) is -0.768. The summed E-state index contributed by atoms with van der Waals surface area (Å²) in [5.41, 5.74) is 3.61. The van der Waals surface area contributed by atoms with Crippen LogP contribution in [-0.2, 0) is 20.9 Å². The van der Waals surface area contributed by atoms with E-state index in [1.54, 1.807) is 0 Å². The largest absolute Gasteiger partial charge is 0.481 e. The van der Waals surface area contributed by atoms with Crippen LogP contribution in [0.3, 0.4) is 0 Å². The van der Waals surface area contributed by atoms with Gasteiger partial charge in [0, 0.05) is 12.5 Å². The maximum atomic E-state index is 10.7. The monoisotopic (exact) mass is 449 g/mol. The summed E-state index contributed by atoms with van der Waals surface area (Å²) in [6, 6.07) is 19.4. The summed E-state index contributed by atoms with van der Waals surface area (Å²) >= 11 is 0. The Bertz CT molecular complexity index is 890. The highest BCUT2D eigenvalue weighted by molar-refractivity contribution is 5.66. The highest BCUT2D eigenvalue weighted by Crippen LogP contribution is 2.32. The topological polar surface area (TPSA) is 59.0 Å². The molecule has 4 rings (SSSR count). The van der Waals surface area contributed by atoms with Crippen LogP contribution >= 0.6 is 0 Å². The third kappa shape index (κ3) is 6.76. The number of allylic oxidation sites excluding steroid dienone is 1. The minimum atomic E-state index is -0.768. The fraction of sp³-hybridized carbons (Fsp3) is 0.464. The molecule has 1 aliphatic carbocycles. The van der Waals surface area contributed by atoms with Crippen LogP contribution in [0.2, 0.25) is 0 Å². The van der Waals surface area contributed by atoms with Crippen LogP contribution in [0.5, 0.6) is 0 Å². The van der Waals surface area contributed by atoms with Crippen molar-refractivity contribution in [3.05, 3.63) is 72.3 Å². The maximum absolute atomic E-state index is 10.7. The summed E-state index contributed by atoms with van der Waals surface area (Å²) in [4.78, 5) is 13.2. The number of benzene rings is 2. The van der Waals surface area contributed by atoms with Crippen LogP contribution in [0.25, 0.3) is 11.1 Å². The van der Waals surface area contributed by atoms with Crippen LogP contribution < -0.4 is 0 Å². The minimum absolute atomic E-state index is 0.0517. The van der Waals surface area contributed by atoms with Gasteiger partial charge in [-0.2, -0.15) is 0 Å². The lowest BCUT2D eigenvalue weighted by Crippen LogP contribution is -2.44. The Morgan fingerprint density at radius 2 is 1.67 bits per heavy atom. The molecule has 1 saturated carbocycles. The third-order valence-corrected chi connectivity index (χ3v) is 6.70. The first-order valence-electron chi connectivity index (χ1n) is 12.2. The lowest BCUT2D eigenvalue weighted by atomic mass is 10.0. The number of aliphatic carboxylic acids is 1. The van der Waals surface area contributed by atoms with Crippen molar-refractivity contribution in [2.24, 2.45) is 0 Å². The molecule has 1 heterocycles. The van der Waals surface area contributed by atoms with Gasteiger partial charge in [-0.3, -0.25) is 9.69 Å². The van der Waals surface area contributed by atoms with E-state index in [0.717, 1.165) is 25.9 Å². The van der Waals surface area contributed by atoms with E-state index >= 15 is 0 Å². The molecule has 2 aliphatic rings. The molecule has 176 valence electrons. The average molecular weight is 450 g/mol. The fourth-order valence-corrected chi connectivity index (χ4v) is 4.96. The van der Waals surface area contributed by atoms with Crippen molar-refractivity contribution >= 4 is 5.97 Å². The first kappa shape index (κ1) is 23.7. The molecule has 0 unspecified atom stereocenters. The molecule has 2 fully saturated rings. The molecule has 0 spiro atoms. The smallest absolute Gasteiger partial charge is 0.303 e. The van der Waals surface area contributed by atoms with Gasteiger partial charge in [0.2, 0.25) is 0 Å². The Hall–Kier alpha value is -2.47. The van der Waals surface area contributed by atoms with Gasteiger partial charge in [0.1, 0.15) is 0 Å². The highest BCUT2D eigenvalue weighted by Gasteiger charge is 2.41. The second kappa shape index (κ2) is 12.1. The Morgan fingerprint density at radius 1 is 0.939 bits per heavy atom.